The van der Waals surface area contributed by atoms with Gasteiger partial charge in [-0.15, -0.1) is 0 Å². The molecular weight excluding hydrogens is 607 g/mol. The van der Waals surface area contributed by atoms with Crippen molar-refractivity contribution in [1.29, 1.82) is 0 Å². The molecule has 4 saturated carbocycles. The van der Waals surface area contributed by atoms with E-state index < -0.39 is 0 Å². The van der Waals surface area contributed by atoms with Crippen LogP contribution in [-0.2, 0) is 16.2 Å². The van der Waals surface area contributed by atoms with E-state index in [1.165, 1.54) is 89.0 Å². The average molecular weight is 654 g/mol. The van der Waals surface area contributed by atoms with Crippen LogP contribution in [0.1, 0.15) is 88.5 Å². The number of benzene rings is 5. The molecule has 0 amide bonds. The molecule has 50 heavy (non-hydrogen) atoms. The fourth-order valence-corrected chi connectivity index (χ4v) is 13.0. The van der Waals surface area contributed by atoms with Gasteiger partial charge in [0.15, 0.2) is 0 Å². The fraction of sp³-hybridized carbons (Fsp3) is 0.375. The highest BCUT2D eigenvalue weighted by atomic mass is 16.5. The largest absolute Gasteiger partial charge is 0.457 e. The first-order chi connectivity index (χ1) is 24.2. The Morgan fingerprint density at radius 1 is 0.560 bits per heavy atom. The summed E-state index contributed by atoms with van der Waals surface area (Å²) >= 11 is 0. The lowest BCUT2D eigenvalue weighted by atomic mass is 9.26. The van der Waals surface area contributed by atoms with Crippen molar-refractivity contribution in [3.05, 3.63) is 138 Å². The van der Waals surface area contributed by atoms with E-state index in [2.05, 4.69) is 148 Å². The third-order valence-electron chi connectivity index (χ3n) is 15.0. The van der Waals surface area contributed by atoms with Gasteiger partial charge in [0.1, 0.15) is 11.5 Å². The van der Waals surface area contributed by atoms with Gasteiger partial charge in [0, 0.05) is 22.2 Å². The van der Waals surface area contributed by atoms with Gasteiger partial charge in [-0.25, -0.2) is 0 Å². The zero-order chi connectivity index (χ0) is 33.6. The third-order valence-corrected chi connectivity index (χ3v) is 15.0. The van der Waals surface area contributed by atoms with Crippen molar-refractivity contribution in [3.63, 3.8) is 0 Å². The SMILES string of the molecule is CC1(C)CCC(C)(C)c2c(N(c3ccc(-c4ccccc4)cc3)c3cccc4c3C3(c5ccccc5O4)C4CC5CC6CC3C64C5)cccc21. The Morgan fingerprint density at radius 3 is 2.00 bits per heavy atom. The molecule has 0 aromatic heterocycles. The lowest BCUT2D eigenvalue weighted by Crippen LogP contribution is -2.74. The van der Waals surface area contributed by atoms with Crippen LogP contribution in [-0.4, -0.2) is 0 Å². The molecule has 6 unspecified atom stereocenters. The summed E-state index contributed by atoms with van der Waals surface area (Å²) < 4.78 is 7.00. The minimum Gasteiger partial charge on any atom is -0.457 e. The molecule has 11 rings (SSSR count). The lowest BCUT2D eigenvalue weighted by molar-refractivity contribution is -0.234. The van der Waals surface area contributed by atoms with E-state index in [1.54, 1.807) is 0 Å². The third kappa shape index (κ3) is 3.51. The Balaban J connectivity index is 1.18. The Kier molecular flexibility index (Phi) is 5.72. The van der Waals surface area contributed by atoms with Gasteiger partial charge in [-0.3, -0.25) is 0 Å². The molecule has 250 valence electrons. The van der Waals surface area contributed by atoms with Crippen LogP contribution in [0.15, 0.2) is 115 Å². The van der Waals surface area contributed by atoms with E-state index in [-0.39, 0.29) is 16.2 Å². The second kappa shape index (κ2) is 9.72. The number of para-hydroxylation sites is 1. The van der Waals surface area contributed by atoms with Crippen LogP contribution >= 0.6 is 0 Å². The van der Waals surface area contributed by atoms with Crippen LogP contribution in [0.4, 0.5) is 17.1 Å². The van der Waals surface area contributed by atoms with Gasteiger partial charge in [0.05, 0.1) is 11.4 Å². The molecular formula is C48H47NO. The normalized spacial score (nSPS) is 31.0. The summed E-state index contributed by atoms with van der Waals surface area (Å²) in [6.07, 6.45) is 8.02. The Labute approximate surface area is 297 Å². The van der Waals surface area contributed by atoms with Crippen molar-refractivity contribution in [2.45, 2.75) is 82.5 Å². The predicted molar refractivity (Wildman–Crippen MR) is 204 cm³/mol. The molecule has 2 spiro atoms. The van der Waals surface area contributed by atoms with E-state index in [0.29, 0.717) is 17.3 Å². The standard InChI is InChI=1S/C48H47NO/c1-45(2)24-25-46(3,4)43-36(45)15-10-16-37(43)49(34-22-20-32(21-23-34)31-12-6-5-7-13-31)38-17-11-19-40-44(38)48(35-14-8-9-18-39(35)50-40)41-27-30-26-33-28-42(48)47(33,41)29-30/h5-23,30,33,41-42H,24-29H2,1-4H3. The van der Waals surface area contributed by atoms with E-state index in [9.17, 15) is 0 Å². The molecule has 4 fully saturated rings. The highest BCUT2D eigenvalue weighted by molar-refractivity contribution is 5.86. The number of hydrogen-bond donors (Lipinski definition) is 0. The molecule has 2 bridgehead atoms. The highest BCUT2D eigenvalue weighted by Gasteiger charge is 2.84. The fourth-order valence-electron chi connectivity index (χ4n) is 13.0. The van der Waals surface area contributed by atoms with E-state index in [0.717, 1.165) is 23.3 Å². The van der Waals surface area contributed by atoms with E-state index in [4.69, 9.17) is 4.74 Å². The van der Waals surface area contributed by atoms with Gasteiger partial charge in [0.25, 0.3) is 0 Å². The molecule has 0 saturated heterocycles. The second-order valence-corrected chi connectivity index (χ2v) is 18.0. The first-order valence-electron chi connectivity index (χ1n) is 19.2. The minimum atomic E-state index is -0.0156. The van der Waals surface area contributed by atoms with Gasteiger partial charge in [-0.05, 0) is 137 Å². The molecule has 2 nitrogen and oxygen atoms in total. The van der Waals surface area contributed by atoms with Crippen LogP contribution in [0.3, 0.4) is 0 Å². The van der Waals surface area contributed by atoms with Crippen molar-refractivity contribution in [3.8, 4) is 22.6 Å². The maximum atomic E-state index is 7.00. The molecule has 5 aromatic carbocycles. The van der Waals surface area contributed by atoms with E-state index >= 15 is 0 Å². The molecule has 1 heterocycles. The van der Waals surface area contributed by atoms with Crippen molar-refractivity contribution in [1.82, 2.24) is 0 Å². The van der Waals surface area contributed by atoms with Gasteiger partial charge < -0.3 is 9.64 Å². The molecule has 6 aliphatic rings. The summed E-state index contributed by atoms with van der Waals surface area (Å²) in [7, 11) is 0. The van der Waals surface area contributed by atoms with Gasteiger partial charge in [-0.1, -0.05) is 107 Å². The first-order valence-corrected chi connectivity index (χ1v) is 19.2. The van der Waals surface area contributed by atoms with Crippen molar-refractivity contribution < 1.29 is 4.74 Å². The summed E-state index contributed by atoms with van der Waals surface area (Å²) in [5.74, 6) is 5.34. The zero-order valence-corrected chi connectivity index (χ0v) is 29.9. The summed E-state index contributed by atoms with van der Waals surface area (Å²) in [4.78, 5) is 2.66. The minimum absolute atomic E-state index is 0.0156. The molecule has 2 heteroatoms. The number of hydrogen-bond acceptors (Lipinski definition) is 2. The summed E-state index contributed by atoms with van der Waals surface area (Å²) in [5.41, 5.74) is 12.9. The Morgan fingerprint density at radius 2 is 1.20 bits per heavy atom. The van der Waals surface area contributed by atoms with Crippen LogP contribution in [0.5, 0.6) is 11.5 Å². The molecule has 6 atom stereocenters. The Bertz CT molecular complexity index is 2200. The molecule has 1 aliphatic heterocycles. The number of anilines is 3. The van der Waals surface area contributed by atoms with Crippen molar-refractivity contribution >= 4 is 17.1 Å². The second-order valence-electron chi connectivity index (χ2n) is 18.0. The number of nitrogens with zero attached hydrogens (tertiary/aromatic N) is 1. The number of fused-ring (bicyclic) bond motifs is 8. The first kappa shape index (κ1) is 29.4. The Hall–Kier alpha value is -4.30. The van der Waals surface area contributed by atoms with Gasteiger partial charge >= 0.3 is 0 Å². The zero-order valence-electron chi connectivity index (χ0n) is 29.9. The molecule has 5 aliphatic carbocycles. The maximum absolute atomic E-state index is 7.00. The van der Waals surface area contributed by atoms with Crippen LogP contribution in [0, 0.1) is 29.1 Å². The number of rotatable bonds is 4. The summed E-state index contributed by atoms with van der Waals surface area (Å²) in [6, 6.07) is 43.4. The summed E-state index contributed by atoms with van der Waals surface area (Å²) in [5, 5.41) is 0. The smallest absolute Gasteiger partial charge is 0.133 e. The van der Waals surface area contributed by atoms with Crippen molar-refractivity contribution in [2.75, 3.05) is 4.90 Å². The topological polar surface area (TPSA) is 12.5 Å². The van der Waals surface area contributed by atoms with Gasteiger partial charge in [0.2, 0.25) is 0 Å². The number of ether oxygens (including phenoxy) is 1. The average Bonchev–Trinajstić information content (AvgIpc) is 3.66. The maximum Gasteiger partial charge on any atom is 0.133 e. The van der Waals surface area contributed by atoms with Crippen LogP contribution in [0.2, 0.25) is 0 Å². The lowest BCUT2D eigenvalue weighted by Gasteiger charge is -2.77. The van der Waals surface area contributed by atoms with Gasteiger partial charge in [-0.2, -0.15) is 0 Å². The van der Waals surface area contributed by atoms with Crippen LogP contribution in [0.25, 0.3) is 11.1 Å². The monoisotopic (exact) mass is 653 g/mol. The molecule has 0 N–H and O–H groups in total. The molecule has 0 radical (unpaired) electrons. The van der Waals surface area contributed by atoms with Crippen molar-refractivity contribution in [2.24, 2.45) is 29.1 Å². The quantitative estimate of drug-likeness (QED) is 0.191. The molecule has 5 aromatic rings. The summed E-state index contributed by atoms with van der Waals surface area (Å²) in [6.45, 7) is 9.85. The highest BCUT2D eigenvalue weighted by Crippen LogP contribution is 2.89. The predicted octanol–water partition coefficient (Wildman–Crippen LogP) is 12.6. The van der Waals surface area contributed by atoms with E-state index in [1.807, 2.05) is 0 Å². The van der Waals surface area contributed by atoms with Crippen LogP contribution < -0.4 is 9.64 Å².